The summed E-state index contributed by atoms with van der Waals surface area (Å²) in [5.41, 5.74) is 0. The lowest BCUT2D eigenvalue weighted by molar-refractivity contribution is -0.122. The molecule has 10 heteroatoms. The average molecular weight is 294 g/mol. The molecule has 0 rings (SSSR count). The first kappa shape index (κ1) is 19.0. The molecule has 0 aliphatic rings. The Morgan fingerprint density at radius 3 is 1.48 bits per heavy atom. The second-order valence-electron chi connectivity index (χ2n) is 3.89. The fourth-order valence-corrected chi connectivity index (χ4v) is 1.27. The molecule has 0 aliphatic heterocycles. The van der Waals surface area contributed by atoms with Crippen molar-refractivity contribution in [3.8, 4) is 0 Å². The van der Waals surface area contributed by atoms with Gasteiger partial charge >= 0.3 is 0 Å². The number of amides is 2. The molecule has 2 N–H and O–H groups in total. The van der Waals surface area contributed by atoms with Gasteiger partial charge in [0.25, 0.3) is 0 Å². The molecule has 0 saturated heterocycles. The third-order valence-corrected chi connectivity index (χ3v) is 2.14. The summed E-state index contributed by atoms with van der Waals surface area (Å²) in [6.45, 7) is 0.333. The molecule has 0 aromatic heterocycles. The van der Waals surface area contributed by atoms with Crippen LogP contribution in [0.1, 0.15) is 19.3 Å². The van der Waals surface area contributed by atoms with Gasteiger partial charge in [0, 0.05) is 12.8 Å². The molecule has 0 heterocycles. The Balaban J connectivity index is 3.46. The number of hydrogen-bond donors (Lipinski definition) is 2. The summed E-state index contributed by atoms with van der Waals surface area (Å²) < 4.78 is 8.84. The minimum absolute atomic E-state index is 0.00141. The quantitative estimate of drug-likeness (QED) is 0.395. The maximum atomic E-state index is 11.3. The molecule has 0 aromatic carbocycles. The average Bonchev–Trinajstić information content (AvgIpc) is 2.39. The Kier molecular flexibility index (Phi) is 10.7. The lowest BCUT2D eigenvalue weighted by Gasteiger charge is -2.07. The van der Waals surface area contributed by atoms with Crippen molar-refractivity contribution in [2.75, 3.05) is 26.3 Å². The molecule has 0 unspecified atom stereocenters. The summed E-state index contributed by atoms with van der Waals surface area (Å²) in [6, 6.07) is 0. The zero-order chi connectivity index (χ0) is 16.1. The first-order valence-electron chi connectivity index (χ1n) is 6.29. The van der Waals surface area contributed by atoms with Crippen LogP contribution < -0.4 is 10.6 Å². The Morgan fingerprint density at radius 2 is 1.14 bits per heavy atom. The fourth-order valence-electron chi connectivity index (χ4n) is 1.27. The normalized spacial score (nSPS) is 9.52. The lowest BCUT2D eigenvalue weighted by atomic mass is 10.2. The van der Waals surface area contributed by atoms with Crippen molar-refractivity contribution in [2.45, 2.75) is 19.3 Å². The largest absolute Gasteiger partial charge is 0.473 e. The zero-order valence-electron chi connectivity index (χ0n) is 11.6. The predicted octanol–water partition coefficient (Wildman–Crippen LogP) is -1.00. The van der Waals surface area contributed by atoms with Gasteiger partial charge in [-0.05, 0) is 6.42 Å². The highest BCUT2D eigenvalue weighted by Crippen LogP contribution is 1.95. The van der Waals surface area contributed by atoms with E-state index in [1.165, 1.54) is 0 Å². The van der Waals surface area contributed by atoms with Crippen LogP contribution in [0.2, 0.25) is 0 Å². The second kappa shape index (κ2) is 11.8. The standard InChI is InChI=1S/C11H16B2N2O6/c12-10(18)20-6-4-14-8(16)2-1-3-9(17)15-5-7-21-11(13)19/h1-7H2,(H,14,16)(H,15,17). The molecule has 0 saturated carbocycles. The monoisotopic (exact) mass is 294 g/mol. The van der Waals surface area contributed by atoms with Gasteiger partial charge in [0.15, 0.2) is 0 Å². The van der Waals surface area contributed by atoms with Gasteiger partial charge in [-0.1, -0.05) is 0 Å². The summed E-state index contributed by atoms with van der Waals surface area (Å²) >= 11 is 0. The van der Waals surface area contributed by atoms with Gasteiger partial charge in [-0.25, -0.2) is 0 Å². The van der Waals surface area contributed by atoms with E-state index in [9.17, 15) is 19.2 Å². The Bertz CT molecular complexity index is 344. The van der Waals surface area contributed by atoms with E-state index in [2.05, 4.69) is 20.1 Å². The van der Waals surface area contributed by atoms with Gasteiger partial charge in [-0.3, -0.25) is 19.2 Å². The number of nitrogens with one attached hydrogen (secondary N) is 2. The van der Waals surface area contributed by atoms with E-state index in [-0.39, 0.29) is 51.0 Å². The zero-order valence-corrected chi connectivity index (χ0v) is 11.6. The topological polar surface area (TPSA) is 111 Å². The molecule has 0 aliphatic carbocycles. The van der Waals surface area contributed by atoms with Gasteiger partial charge in [0.2, 0.25) is 39.2 Å². The molecule has 0 bridgehead atoms. The molecule has 0 atom stereocenters. The third kappa shape index (κ3) is 14.2. The maximum Gasteiger partial charge on any atom is 0.235 e. The number of carbonyl (C=O) groups excluding carboxylic acids is 4. The van der Waals surface area contributed by atoms with Gasteiger partial charge in [0.05, 0.1) is 13.1 Å². The van der Waals surface area contributed by atoms with Crippen LogP contribution in [0.5, 0.6) is 0 Å². The molecule has 8 nitrogen and oxygen atoms in total. The number of carbonyl (C=O) groups is 4. The van der Waals surface area contributed by atoms with Crippen LogP contribution in [-0.4, -0.2) is 65.5 Å². The van der Waals surface area contributed by atoms with E-state index < -0.39 is 11.7 Å². The Labute approximate surface area is 125 Å². The smallest absolute Gasteiger partial charge is 0.235 e. The number of rotatable bonds is 10. The SMILES string of the molecule is [B]C(=O)OCCNC(=O)CCCC(=O)NCCOC([B])=O. The van der Waals surface area contributed by atoms with Crippen LogP contribution in [0.15, 0.2) is 0 Å². The van der Waals surface area contributed by atoms with Crippen molar-refractivity contribution in [1.29, 1.82) is 0 Å². The highest BCUT2D eigenvalue weighted by atomic mass is 16.5. The van der Waals surface area contributed by atoms with Crippen LogP contribution in [-0.2, 0) is 19.1 Å². The van der Waals surface area contributed by atoms with E-state index >= 15 is 0 Å². The van der Waals surface area contributed by atoms with Crippen molar-refractivity contribution in [3.63, 3.8) is 0 Å². The van der Waals surface area contributed by atoms with E-state index in [4.69, 9.17) is 15.7 Å². The highest BCUT2D eigenvalue weighted by molar-refractivity contribution is 6.55. The van der Waals surface area contributed by atoms with Crippen molar-refractivity contribution in [3.05, 3.63) is 0 Å². The summed E-state index contributed by atoms with van der Waals surface area (Å²) in [6.07, 6.45) is 0.703. The molecule has 0 spiro atoms. The van der Waals surface area contributed by atoms with Gasteiger partial charge in [-0.2, -0.15) is 0 Å². The predicted molar refractivity (Wildman–Crippen MR) is 74.1 cm³/mol. The van der Waals surface area contributed by atoms with Crippen molar-refractivity contribution in [1.82, 2.24) is 10.6 Å². The van der Waals surface area contributed by atoms with Crippen molar-refractivity contribution < 1.29 is 28.7 Å². The molecular formula is C11H16B2N2O6. The van der Waals surface area contributed by atoms with E-state index in [0.29, 0.717) is 6.42 Å². The highest BCUT2D eigenvalue weighted by Gasteiger charge is 2.05. The van der Waals surface area contributed by atoms with E-state index in [0.717, 1.165) is 0 Å². The second-order valence-corrected chi connectivity index (χ2v) is 3.89. The Hall–Kier alpha value is -1.99. The van der Waals surface area contributed by atoms with Gasteiger partial charge in [0.1, 0.15) is 13.2 Å². The minimum atomic E-state index is -0.902. The first-order valence-corrected chi connectivity index (χ1v) is 6.29. The number of hydrogen-bond acceptors (Lipinski definition) is 6. The van der Waals surface area contributed by atoms with E-state index in [1.54, 1.807) is 0 Å². The maximum absolute atomic E-state index is 11.3. The molecule has 4 radical (unpaired) electrons. The van der Waals surface area contributed by atoms with Gasteiger partial charge in [-0.15, -0.1) is 0 Å². The molecule has 112 valence electrons. The third-order valence-electron chi connectivity index (χ3n) is 2.14. The van der Waals surface area contributed by atoms with E-state index in [1.807, 2.05) is 0 Å². The number of ether oxygens (including phenoxy) is 2. The van der Waals surface area contributed by atoms with Crippen molar-refractivity contribution in [2.24, 2.45) is 0 Å². The minimum Gasteiger partial charge on any atom is -0.473 e. The molecular weight excluding hydrogens is 278 g/mol. The van der Waals surface area contributed by atoms with Crippen LogP contribution in [0.3, 0.4) is 0 Å². The summed E-state index contributed by atoms with van der Waals surface area (Å²) in [4.78, 5) is 43.1. The molecule has 21 heavy (non-hydrogen) atoms. The van der Waals surface area contributed by atoms with Crippen LogP contribution in [0, 0.1) is 0 Å². The van der Waals surface area contributed by atoms with Crippen LogP contribution >= 0.6 is 0 Å². The summed E-state index contributed by atoms with van der Waals surface area (Å²) in [7, 11) is 9.47. The molecule has 0 fully saturated rings. The fraction of sp³-hybridized carbons (Fsp3) is 0.636. The molecule has 0 aromatic rings. The van der Waals surface area contributed by atoms with Crippen LogP contribution in [0.25, 0.3) is 0 Å². The summed E-state index contributed by atoms with van der Waals surface area (Å²) in [5, 5.41) is 5.00. The van der Waals surface area contributed by atoms with Gasteiger partial charge < -0.3 is 20.1 Å². The lowest BCUT2D eigenvalue weighted by Crippen LogP contribution is -2.29. The first-order chi connectivity index (χ1) is 9.91. The molecule has 2 amide bonds. The van der Waals surface area contributed by atoms with Crippen molar-refractivity contribution >= 4 is 39.2 Å². The Morgan fingerprint density at radius 1 is 0.762 bits per heavy atom. The summed E-state index contributed by atoms with van der Waals surface area (Å²) in [5.74, 6) is -2.32. The van der Waals surface area contributed by atoms with Crippen LogP contribution in [0.4, 0.5) is 9.59 Å².